The molecule has 116 valence electrons. The lowest BCUT2D eigenvalue weighted by Gasteiger charge is -2.08. The number of nitrogens with one attached hydrogen (secondary N) is 1. The van der Waals surface area contributed by atoms with Crippen molar-refractivity contribution in [3.05, 3.63) is 47.3 Å². The highest BCUT2D eigenvalue weighted by Gasteiger charge is 2.13. The third-order valence-electron chi connectivity index (χ3n) is 3.22. The van der Waals surface area contributed by atoms with E-state index in [-0.39, 0.29) is 4.90 Å². The summed E-state index contributed by atoms with van der Waals surface area (Å²) in [4.78, 5) is 0.109. The minimum Gasteiger partial charge on any atom is -0.270 e. The van der Waals surface area contributed by atoms with Crippen LogP contribution in [0.5, 0.6) is 0 Å². The number of hydrogen-bond acceptors (Lipinski definition) is 4. The molecule has 0 amide bonds. The van der Waals surface area contributed by atoms with Crippen molar-refractivity contribution in [2.24, 2.45) is 0 Å². The number of aromatic nitrogens is 2. The minimum absolute atomic E-state index is 0.109. The Morgan fingerprint density at radius 2 is 2.09 bits per heavy atom. The lowest BCUT2D eigenvalue weighted by Crippen LogP contribution is -2.25. The molecule has 7 heteroatoms. The molecule has 0 saturated carbocycles. The second-order valence-electron chi connectivity index (χ2n) is 5.04. The van der Waals surface area contributed by atoms with Crippen molar-refractivity contribution in [3.8, 4) is 6.07 Å². The molecule has 0 fully saturated rings. The Morgan fingerprint density at radius 3 is 2.73 bits per heavy atom. The van der Waals surface area contributed by atoms with Gasteiger partial charge in [-0.25, -0.2) is 13.1 Å². The predicted octanol–water partition coefficient (Wildman–Crippen LogP) is 1.74. The summed E-state index contributed by atoms with van der Waals surface area (Å²) in [6, 6.07) is 9.89. The van der Waals surface area contributed by atoms with Gasteiger partial charge >= 0.3 is 0 Å². The third kappa shape index (κ3) is 3.93. The Bertz CT molecular complexity index is 803. The van der Waals surface area contributed by atoms with Gasteiger partial charge in [-0.3, -0.25) is 4.68 Å². The van der Waals surface area contributed by atoms with Crippen LogP contribution in [0.1, 0.15) is 23.4 Å². The fraction of sp³-hybridized carbons (Fsp3) is 0.333. The Balaban J connectivity index is 1.93. The summed E-state index contributed by atoms with van der Waals surface area (Å²) in [6.45, 7) is 4.86. The number of sulfonamides is 1. The molecule has 6 nitrogen and oxygen atoms in total. The van der Waals surface area contributed by atoms with E-state index in [1.807, 2.05) is 30.7 Å². The summed E-state index contributed by atoms with van der Waals surface area (Å²) < 4.78 is 28.7. The maximum atomic E-state index is 12.1. The number of aryl methyl sites for hydroxylation is 3. The van der Waals surface area contributed by atoms with Gasteiger partial charge in [0.2, 0.25) is 10.0 Å². The lowest BCUT2D eigenvalue weighted by molar-refractivity contribution is 0.544. The topological polar surface area (TPSA) is 87.8 Å². The summed E-state index contributed by atoms with van der Waals surface area (Å²) in [5.74, 6) is 0. The monoisotopic (exact) mass is 318 g/mol. The van der Waals surface area contributed by atoms with Crippen LogP contribution in [0.15, 0.2) is 35.2 Å². The molecule has 0 unspecified atom stereocenters. The molecule has 1 aromatic carbocycles. The minimum atomic E-state index is -3.58. The predicted molar refractivity (Wildman–Crippen MR) is 82.7 cm³/mol. The molecule has 1 heterocycles. The molecule has 0 spiro atoms. The molecule has 0 aliphatic rings. The molecule has 2 aromatic rings. The van der Waals surface area contributed by atoms with Gasteiger partial charge in [0.05, 0.1) is 22.2 Å². The highest BCUT2D eigenvalue weighted by atomic mass is 32.2. The number of nitrogens with zero attached hydrogens (tertiary/aromatic N) is 3. The first kappa shape index (κ1) is 16.2. The molecular weight excluding hydrogens is 300 g/mol. The first-order valence-corrected chi connectivity index (χ1v) is 8.41. The van der Waals surface area contributed by atoms with Crippen molar-refractivity contribution in [2.45, 2.75) is 31.7 Å². The van der Waals surface area contributed by atoms with E-state index in [1.165, 1.54) is 12.1 Å². The zero-order chi connectivity index (χ0) is 16.2. The van der Waals surface area contributed by atoms with Gasteiger partial charge in [-0.05, 0) is 44.5 Å². The summed E-state index contributed by atoms with van der Waals surface area (Å²) in [7, 11) is -3.58. The van der Waals surface area contributed by atoms with Crippen LogP contribution < -0.4 is 4.72 Å². The maximum absolute atomic E-state index is 12.1. The van der Waals surface area contributed by atoms with Crippen molar-refractivity contribution >= 4 is 10.0 Å². The van der Waals surface area contributed by atoms with Crippen LogP contribution in [0.4, 0.5) is 0 Å². The van der Waals surface area contributed by atoms with E-state index in [9.17, 15) is 8.42 Å². The largest absolute Gasteiger partial charge is 0.270 e. The second-order valence-corrected chi connectivity index (χ2v) is 6.81. The summed E-state index contributed by atoms with van der Waals surface area (Å²) >= 11 is 0. The van der Waals surface area contributed by atoms with E-state index in [1.54, 1.807) is 12.1 Å². The average Bonchev–Trinajstić information content (AvgIpc) is 2.81. The Labute approximate surface area is 130 Å². The maximum Gasteiger partial charge on any atom is 0.240 e. The molecule has 22 heavy (non-hydrogen) atoms. The van der Waals surface area contributed by atoms with E-state index in [4.69, 9.17) is 5.26 Å². The van der Waals surface area contributed by atoms with Gasteiger partial charge in [0.1, 0.15) is 0 Å². The van der Waals surface area contributed by atoms with Crippen LogP contribution in [0.2, 0.25) is 0 Å². The number of rotatable bonds is 6. The van der Waals surface area contributed by atoms with Gasteiger partial charge in [-0.2, -0.15) is 10.4 Å². The zero-order valence-corrected chi connectivity index (χ0v) is 13.4. The van der Waals surface area contributed by atoms with E-state index in [0.29, 0.717) is 25.1 Å². The van der Waals surface area contributed by atoms with Crippen molar-refractivity contribution in [1.82, 2.24) is 14.5 Å². The highest BCUT2D eigenvalue weighted by Crippen LogP contribution is 2.10. The number of hydrogen-bond donors (Lipinski definition) is 1. The number of benzene rings is 1. The van der Waals surface area contributed by atoms with Crippen LogP contribution in [0.3, 0.4) is 0 Å². The van der Waals surface area contributed by atoms with Crippen LogP contribution >= 0.6 is 0 Å². The van der Waals surface area contributed by atoms with Gasteiger partial charge in [-0.15, -0.1) is 0 Å². The lowest BCUT2D eigenvalue weighted by atomic mass is 10.2. The van der Waals surface area contributed by atoms with Crippen molar-refractivity contribution in [2.75, 3.05) is 6.54 Å². The van der Waals surface area contributed by atoms with Crippen molar-refractivity contribution < 1.29 is 8.42 Å². The molecule has 0 aliphatic carbocycles. The Hall–Kier alpha value is -2.17. The SMILES string of the molecule is Cc1cc(C)n(CCCNS(=O)(=O)c2cccc(C#N)c2)n1. The zero-order valence-electron chi connectivity index (χ0n) is 12.6. The molecular formula is C15H18N4O2S. The molecule has 0 bridgehead atoms. The standard InChI is InChI=1S/C15H18N4O2S/c1-12-9-13(2)19(18-12)8-4-7-17-22(20,21)15-6-3-5-14(10-15)11-16/h3,5-6,9-10,17H,4,7-8H2,1-2H3. The molecule has 1 N–H and O–H groups in total. The molecule has 2 rings (SSSR count). The summed E-state index contributed by atoms with van der Waals surface area (Å²) in [6.07, 6.45) is 0.638. The fourth-order valence-electron chi connectivity index (χ4n) is 2.15. The third-order valence-corrected chi connectivity index (χ3v) is 4.67. The van der Waals surface area contributed by atoms with E-state index < -0.39 is 10.0 Å². The van der Waals surface area contributed by atoms with Crippen LogP contribution in [-0.2, 0) is 16.6 Å². The number of nitriles is 1. The average molecular weight is 318 g/mol. The second kappa shape index (κ2) is 6.73. The summed E-state index contributed by atoms with van der Waals surface area (Å²) in [5, 5.41) is 13.1. The Morgan fingerprint density at radius 1 is 1.32 bits per heavy atom. The molecule has 1 aromatic heterocycles. The molecule has 0 aliphatic heterocycles. The Kier molecular flexibility index (Phi) is 4.96. The van der Waals surface area contributed by atoms with Crippen LogP contribution in [0.25, 0.3) is 0 Å². The highest BCUT2D eigenvalue weighted by molar-refractivity contribution is 7.89. The normalized spacial score (nSPS) is 11.3. The van der Waals surface area contributed by atoms with Crippen molar-refractivity contribution in [1.29, 1.82) is 5.26 Å². The van der Waals surface area contributed by atoms with Gasteiger partial charge in [-0.1, -0.05) is 6.07 Å². The summed E-state index contributed by atoms with van der Waals surface area (Å²) in [5.41, 5.74) is 2.33. The molecule has 0 radical (unpaired) electrons. The fourth-order valence-corrected chi connectivity index (χ4v) is 3.27. The first-order chi connectivity index (χ1) is 10.4. The van der Waals surface area contributed by atoms with Gasteiger partial charge < -0.3 is 0 Å². The van der Waals surface area contributed by atoms with E-state index in [0.717, 1.165) is 11.4 Å². The van der Waals surface area contributed by atoms with Crippen LogP contribution in [-0.4, -0.2) is 24.7 Å². The van der Waals surface area contributed by atoms with Gasteiger partial charge in [0, 0.05) is 18.8 Å². The van der Waals surface area contributed by atoms with E-state index in [2.05, 4.69) is 9.82 Å². The van der Waals surface area contributed by atoms with Gasteiger partial charge in [0.15, 0.2) is 0 Å². The van der Waals surface area contributed by atoms with Crippen molar-refractivity contribution in [3.63, 3.8) is 0 Å². The molecule has 0 atom stereocenters. The van der Waals surface area contributed by atoms with Gasteiger partial charge in [0.25, 0.3) is 0 Å². The first-order valence-electron chi connectivity index (χ1n) is 6.93. The smallest absolute Gasteiger partial charge is 0.240 e. The quantitative estimate of drug-likeness (QED) is 0.822. The van der Waals surface area contributed by atoms with Crippen LogP contribution in [0, 0.1) is 25.2 Å². The van der Waals surface area contributed by atoms with E-state index >= 15 is 0 Å². The molecule has 0 saturated heterocycles.